The number of unbranched alkanes of at least 4 members (excludes halogenated alkanes) is 2. The highest BCUT2D eigenvalue weighted by Gasteiger charge is 2.27. The van der Waals surface area contributed by atoms with Gasteiger partial charge in [0.2, 0.25) is 0 Å². The summed E-state index contributed by atoms with van der Waals surface area (Å²) in [5, 5.41) is 0.971. The molecule has 0 bridgehead atoms. The number of hydrogen-bond donors (Lipinski definition) is 0. The van der Waals surface area contributed by atoms with Crippen LogP contribution in [0.15, 0.2) is 11.2 Å². The molecule has 1 nitrogen and oxygen atoms in total. The molecule has 0 aromatic rings. The molecule has 0 atom stereocenters. The van der Waals surface area contributed by atoms with E-state index in [1.54, 1.807) is 0 Å². The monoisotopic (exact) mass is 233 g/mol. The Morgan fingerprint density at radius 2 is 2.21 bits per heavy atom. The molecule has 0 aromatic heterocycles. The van der Waals surface area contributed by atoms with Gasteiger partial charge >= 0.3 is 0 Å². The molecular formula is C11H20ClNS. The Balaban J connectivity index is 2.40. The van der Waals surface area contributed by atoms with Crippen LogP contribution in [-0.4, -0.2) is 15.6 Å². The second-order valence-electron chi connectivity index (χ2n) is 4.44. The SMILES string of the molecule is CCCCCC(C)(C)N1C=C(Cl)CS1. The first-order valence-electron chi connectivity index (χ1n) is 5.34. The Hall–Kier alpha value is 0.180. The van der Waals surface area contributed by atoms with Crippen molar-refractivity contribution >= 4 is 23.5 Å². The van der Waals surface area contributed by atoms with E-state index >= 15 is 0 Å². The predicted octanol–water partition coefficient (Wildman–Crippen LogP) is 4.39. The first-order valence-corrected chi connectivity index (χ1v) is 6.67. The van der Waals surface area contributed by atoms with Crippen LogP contribution in [0.3, 0.4) is 0 Å². The summed E-state index contributed by atoms with van der Waals surface area (Å²) in [5.41, 5.74) is 0.247. The topological polar surface area (TPSA) is 3.24 Å². The molecule has 0 saturated heterocycles. The molecule has 1 heterocycles. The van der Waals surface area contributed by atoms with Gasteiger partial charge in [-0.3, -0.25) is 0 Å². The number of nitrogens with zero attached hydrogens (tertiary/aromatic N) is 1. The molecule has 82 valence electrons. The molecule has 0 radical (unpaired) electrons. The van der Waals surface area contributed by atoms with Gasteiger partial charge in [-0.05, 0) is 32.2 Å². The van der Waals surface area contributed by atoms with Gasteiger partial charge in [0.25, 0.3) is 0 Å². The summed E-state index contributed by atoms with van der Waals surface area (Å²) in [4.78, 5) is 0. The fraction of sp³-hybridized carbons (Fsp3) is 0.818. The van der Waals surface area contributed by atoms with E-state index in [1.165, 1.54) is 25.7 Å². The molecule has 0 N–H and O–H groups in total. The van der Waals surface area contributed by atoms with E-state index in [0.717, 1.165) is 10.8 Å². The van der Waals surface area contributed by atoms with E-state index in [-0.39, 0.29) is 5.54 Å². The fourth-order valence-corrected chi connectivity index (χ4v) is 2.88. The summed E-state index contributed by atoms with van der Waals surface area (Å²) < 4.78 is 2.31. The van der Waals surface area contributed by atoms with Crippen LogP contribution < -0.4 is 0 Å². The Labute approximate surface area is 97.0 Å². The lowest BCUT2D eigenvalue weighted by Crippen LogP contribution is -2.34. The number of rotatable bonds is 5. The van der Waals surface area contributed by atoms with Crippen LogP contribution in [0.25, 0.3) is 0 Å². The minimum absolute atomic E-state index is 0.247. The van der Waals surface area contributed by atoms with Gasteiger partial charge in [0.1, 0.15) is 0 Å². The van der Waals surface area contributed by atoms with E-state index in [1.807, 2.05) is 11.9 Å². The van der Waals surface area contributed by atoms with Crippen molar-refractivity contribution in [3.63, 3.8) is 0 Å². The molecule has 0 fully saturated rings. The average molecular weight is 234 g/mol. The summed E-state index contributed by atoms with van der Waals surface area (Å²) in [5.74, 6) is 0.943. The number of halogens is 1. The quantitative estimate of drug-likeness (QED) is 0.512. The summed E-state index contributed by atoms with van der Waals surface area (Å²) >= 11 is 7.80. The second kappa shape index (κ2) is 5.32. The lowest BCUT2D eigenvalue weighted by molar-refractivity contribution is 0.286. The molecule has 14 heavy (non-hydrogen) atoms. The van der Waals surface area contributed by atoms with Crippen LogP contribution in [0.5, 0.6) is 0 Å². The average Bonchev–Trinajstić information content (AvgIpc) is 2.53. The lowest BCUT2D eigenvalue weighted by atomic mass is 9.97. The molecule has 1 rings (SSSR count). The first kappa shape index (κ1) is 12.3. The summed E-state index contributed by atoms with van der Waals surface area (Å²) in [6, 6.07) is 0. The van der Waals surface area contributed by atoms with Crippen molar-refractivity contribution in [2.24, 2.45) is 0 Å². The minimum Gasteiger partial charge on any atom is -0.316 e. The van der Waals surface area contributed by atoms with Crippen LogP contribution in [0.2, 0.25) is 0 Å². The maximum Gasteiger partial charge on any atom is 0.0508 e. The largest absolute Gasteiger partial charge is 0.316 e. The van der Waals surface area contributed by atoms with Crippen LogP contribution in [0, 0.1) is 0 Å². The molecule has 0 amide bonds. The van der Waals surface area contributed by atoms with Crippen LogP contribution in [0.4, 0.5) is 0 Å². The van der Waals surface area contributed by atoms with Crippen molar-refractivity contribution in [3.05, 3.63) is 11.2 Å². The van der Waals surface area contributed by atoms with Gasteiger partial charge in [0.15, 0.2) is 0 Å². The highest BCUT2D eigenvalue weighted by atomic mass is 35.5. The third-order valence-electron chi connectivity index (χ3n) is 2.59. The van der Waals surface area contributed by atoms with E-state index in [2.05, 4.69) is 31.3 Å². The molecule has 0 aliphatic carbocycles. The molecular weight excluding hydrogens is 214 g/mol. The molecule has 0 unspecified atom stereocenters. The zero-order valence-corrected chi connectivity index (χ0v) is 10.9. The van der Waals surface area contributed by atoms with Gasteiger partial charge in [-0.2, -0.15) is 0 Å². The van der Waals surface area contributed by atoms with Crippen LogP contribution in [0.1, 0.15) is 46.5 Å². The summed E-state index contributed by atoms with van der Waals surface area (Å²) in [6.45, 7) is 6.83. The van der Waals surface area contributed by atoms with Crippen molar-refractivity contribution < 1.29 is 0 Å². The first-order chi connectivity index (χ1) is 6.56. The molecule has 1 aliphatic heterocycles. The fourth-order valence-electron chi connectivity index (χ4n) is 1.60. The number of hydrogen-bond acceptors (Lipinski definition) is 2. The minimum atomic E-state index is 0.247. The maximum atomic E-state index is 5.97. The van der Waals surface area contributed by atoms with Gasteiger partial charge < -0.3 is 4.31 Å². The zero-order valence-electron chi connectivity index (χ0n) is 9.35. The molecule has 1 aliphatic rings. The third kappa shape index (κ3) is 3.39. The van der Waals surface area contributed by atoms with E-state index in [4.69, 9.17) is 11.6 Å². The lowest BCUT2D eigenvalue weighted by Gasteiger charge is -2.34. The zero-order chi connectivity index (χ0) is 10.6. The van der Waals surface area contributed by atoms with Gasteiger partial charge in [-0.25, -0.2) is 0 Å². The van der Waals surface area contributed by atoms with Crippen LogP contribution >= 0.6 is 23.5 Å². The van der Waals surface area contributed by atoms with Crippen molar-refractivity contribution in [1.82, 2.24) is 4.31 Å². The van der Waals surface area contributed by atoms with Gasteiger partial charge in [0.05, 0.1) is 5.75 Å². The molecule has 3 heteroatoms. The van der Waals surface area contributed by atoms with Gasteiger partial charge in [0, 0.05) is 16.8 Å². The standard InChI is InChI=1S/C11H20ClNS/c1-4-5-6-7-11(2,3)13-8-10(12)9-14-13/h8H,4-7,9H2,1-3H3. The van der Waals surface area contributed by atoms with Crippen molar-refractivity contribution in [2.45, 2.75) is 52.0 Å². The summed E-state index contributed by atoms with van der Waals surface area (Å²) in [7, 11) is 0. The predicted molar refractivity (Wildman–Crippen MR) is 66.5 cm³/mol. The van der Waals surface area contributed by atoms with Crippen LogP contribution in [-0.2, 0) is 0 Å². The third-order valence-corrected chi connectivity index (χ3v) is 4.30. The highest BCUT2D eigenvalue weighted by Crippen LogP contribution is 2.36. The van der Waals surface area contributed by atoms with Crippen molar-refractivity contribution in [1.29, 1.82) is 0 Å². The van der Waals surface area contributed by atoms with E-state index in [0.29, 0.717) is 0 Å². The smallest absolute Gasteiger partial charge is 0.0508 e. The Morgan fingerprint density at radius 3 is 2.71 bits per heavy atom. The second-order valence-corrected chi connectivity index (χ2v) is 5.87. The maximum absolute atomic E-state index is 5.97. The normalized spacial score (nSPS) is 17.4. The Morgan fingerprint density at radius 1 is 1.50 bits per heavy atom. The summed E-state index contributed by atoms with van der Waals surface area (Å²) in [6.07, 6.45) is 7.26. The molecule has 0 spiro atoms. The van der Waals surface area contributed by atoms with E-state index in [9.17, 15) is 0 Å². The molecule has 0 aromatic carbocycles. The van der Waals surface area contributed by atoms with Gasteiger partial charge in [-0.15, -0.1) is 0 Å². The van der Waals surface area contributed by atoms with Gasteiger partial charge in [-0.1, -0.05) is 37.8 Å². The van der Waals surface area contributed by atoms with Crippen molar-refractivity contribution in [3.8, 4) is 0 Å². The van der Waals surface area contributed by atoms with Crippen molar-refractivity contribution in [2.75, 3.05) is 5.75 Å². The Bertz CT molecular complexity index is 213. The Kier molecular flexibility index (Phi) is 4.65. The molecule has 0 saturated carbocycles. The highest BCUT2D eigenvalue weighted by molar-refractivity contribution is 7.97. The van der Waals surface area contributed by atoms with E-state index < -0.39 is 0 Å².